The van der Waals surface area contributed by atoms with Gasteiger partial charge in [0.1, 0.15) is 22.8 Å². The van der Waals surface area contributed by atoms with E-state index in [2.05, 4.69) is 5.32 Å². The zero-order valence-electron chi connectivity index (χ0n) is 20.4. The highest BCUT2D eigenvalue weighted by Gasteiger charge is 2.28. The third-order valence-electron chi connectivity index (χ3n) is 6.63. The molecule has 1 atom stereocenters. The number of amides is 2. The molecule has 4 N–H and O–H groups in total. The molecule has 4 rings (SSSR count). The van der Waals surface area contributed by atoms with Gasteiger partial charge in [0.15, 0.2) is 0 Å². The maximum atomic E-state index is 13.8. The van der Waals surface area contributed by atoms with E-state index >= 15 is 0 Å². The minimum absolute atomic E-state index is 0.0120. The summed E-state index contributed by atoms with van der Waals surface area (Å²) in [5.41, 5.74) is 7.22. The van der Waals surface area contributed by atoms with E-state index in [1.54, 1.807) is 19.1 Å². The molecule has 8 heteroatoms. The molecule has 1 aliphatic rings. The molecule has 1 heterocycles. The van der Waals surface area contributed by atoms with Gasteiger partial charge in [-0.2, -0.15) is 0 Å². The number of rotatable bonds is 8. The second-order valence-electron chi connectivity index (χ2n) is 9.47. The first kappa shape index (κ1) is 25.2. The largest absolute Gasteiger partial charge is 0.508 e. The lowest BCUT2D eigenvalue weighted by atomic mass is 9.95. The number of hydrogen-bond acceptors (Lipinski definition) is 5. The topological polar surface area (TPSA) is 127 Å². The highest BCUT2D eigenvalue weighted by Crippen LogP contribution is 2.27. The van der Waals surface area contributed by atoms with Crippen LogP contribution in [-0.4, -0.2) is 32.5 Å². The zero-order valence-corrected chi connectivity index (χ0v) is 20.4. The molecule has 0 saturated heterocycles. The van der Waals surface area contributed by atoms with Gasteiger partial charge in [-0.3, -0.25) is 19.0 Å². The van der Waals surface area contributed by atoms with Gasteiger partial charge in [-0.15, -0.1) is 0 Å². The van der Waals surface area contributed by atoms with Crippen molar-refractivity contribution in [2.24, 2.45) is 5.73 Å². The van der Waals surface area contributed by atoms with Crippen LogP contribution in [-0.2, 0) is 11.2 Å². The van der Waals surface area contributed by atoms with Gasteiger partial charge in [0.2, 0.25) is 5.91 Å². The van der Waals surface area contributed by atoms with Gasteiger partial charge in [-0.1, -0.05) is 49.6 Å². The van der Waals surface area contributed by atoms with Crippen LogP contribution in [0.3, 0.4) is 0 Å². The SMILES string of the molecule is CC(CC(N)=O)n1c(C(=O)NC2CCCCC2)c(-c2ccc(O)cc2)nc(Cc2ccccc2)c1=O. The van der Waals surface area contributed by atoms with Crippen LogP contribution in [0, 0.1) is 0 Å². The Bertz CT molecular complexity index is 1280. The number of carbonyl (C=O) groups excluding carboxylic acids is 2. The molecule has 1 fully saturated rings. The van der Waals surface area contributed by atoms with Crippen LogP contribution in [0.2, 0.25) is 0 Å². The van der Waals surface area contributed by atoms with Crippen molar-refractivity contribution in [2.45, 2.75) is 64.0 Å². The first-order valence-corrected chi connectivity index (χ1v) is 12.4. The molecular weight excluding hydrogens is 456 g/mol. The molecule has 1 saturated carbocycles. The summed E-state index contributed by atoms with van der Waals surface area (Å²) in [4.78, 5) is 44.0. The first-order valence-electron chi connectivity index (χ1n) is 12.4. The van der Waals surface area contributed by atoms with Crippen molar-refractivity contribution in [3.8, 4) is 17.0 Å². The van der Waals surface area contributed by atoms with Gasteiger partial charge in [-0.05, 0) is 49.6 Å². The van der Waals surface area contributed by atoms with Gasteiger partial charge in [0.25, 0.3) is 11.5 Å². The summed E-state index contributed by atoms with van der Waals surface area (Å²) in [5, 5.41) is 12.9. The second-order valence-corrected chi connectivity index (χ2v) is 9.47. The molecule has 0 radical (unpaired) electrons. The van der Waals surface area contributed by atoms with Crippen LogP contribution in [0.5, 0.6) is 5.75 Å². The average Bonchev–Trinajstić information content (AvgIpc) is 2.86. The summed E-state index contributed by atoms with van der Waals surface area (Å²) in [6.07, 6.45) is 5.12. The summed E-state index contributed by atoms with van der Waals surface area (Å²) in [7, 11) is 0. The molecule has 0 aliphatic heterocycles. The fourth-order valence-electron chi connectivity index (χ4n) is 4.84. The second kappa shape index (κ2) is 11.2. The van der Waals surface area contributed by atoms with Crippen molar-refractivity contribution in [1.82, 2.24) is 14.9 Å². The minimum atomic E-state index is -0.657. The number of nitrogens with zero attached hydrogens (tertiary/aromatic N) is 2. The van der Waals surface area contributed by atoms with Crippen molar-refractivity contribution in [1.29, 1.82) is 0 Å². The Balaban J connectivity index is 1.91. The van der Waals surface area contributed by atoms with Crippen molar-refractivity contribution in [3.63, 3.8) is 0 Å². The Morgan fingerprint density at radius 2 is 1.75 bits per heavy atom. The molecule has 8 nitrogen and oxygen atoms in total. The number of hydrogen-bond donors (Lipinski definition) is 3. The summed E-state index contributed by atoms with van der Waals surface area (Å²) in [6.45, 7) is 1.70. The predicted octanol–water partition coefficient (Wildman–Crippen LogP) is 3.71. The number of nitrogens with two attached hydrogens (primary N) is 1. The Hall–Kier alpha value is -3.94. The van der Waals surface area contributed by atoms with E-state index in [1.807, 2.05) is 30.3 Å². The highest BCUT2D eigenvalue weighted by molar-refractivity contribution is 5.98. The lowest BCUT2D eigenvalue weighted by Crippen LogP contribution is -2.42. The molecule has 3 aromatic rings. The average molecular weight is 489 g/mol. The van der Waals surface area contributed by atoms with E-state index in [-0.39, 0.29) is 36.0 Å². The Labute approximate surface area is 210 Å². The Morgan fingerprint density at radius 3 is 2.39 bits per heavy atom. The van der Waals surface area contributed by atoms with Crippen molar-refractivity contribution in [3.05, 3.63) is 81.9 Å². The van der Waals surface area contributed by atoms with Crippen LogP contribution >= 0.6 is 0 Å². The van der Waals surface area contributed by atoms with Crippen LogP contribution in [0.25, 0.3) is 11.3 Å². The number of carbonyl (C=O) groups is 2. The summed E-state index contributed by atoms with van der Waals surface area (Å²) in [6, 6.07) is 15.2. The number of phenolic OH excluding ortho intramolecular Hbond substituents is 1. The molecule has 2 amide bonds. The molecule has 0 bridgehead atoms. The van der Waals surface area contributed by atoms with Gasteiger partial charge >= 0.3 is 0 Å². The van der Waals surface area contributed by atoms with E-state index in [1.165, 1.54) is 16.7 Å². The van der Waals surface area contributed by atoms with Gasteiger partial charge < -0.3 is 16.2 Å². The monoisotopic (exact) mass is 488 g/mol. The summed E-state index contributed by atoms with van der Waals surface area (Å²) >= 11 is 0. The van der Waals surface area contributed by atoms with Crippen LogP contribution in [0.4, 0.5) is 0 Å². The van der Waals surface area contributed by atoms with E-state index < -0.39 is 23.4 Å². The fourth-order valence-corrected chi connectivity index (χ4v) is 4.84. The van der Waals surface area contributed by atoms with Crippen molar-refractivity contribution in [2.75, 3.05) is 0 Å². The van der Waals surface area contributed by atoms with Crippen LogP contribution < -0.4 is 16.6 Å². The van der Waals surface area contributed by atoms with E-state index in [0.717, 1.165) is 37.7 Å². The number of benzene rings is 2. The third kappa shape index (κ3) is 5.82. The van der Waals surface area contributed by atoms with Crippen LogP contribution in [0.15, 0.2) is 59.4 Å². The number of aromatic nitrogens is 2. The number of aromatic hydroxyl groups is 1. The van der Waals surface area contributed by atoms with Gasteiger partial charge in [0, 0.05) is 30.5 Å². The highest BCUT2D eigenvalue weighted by atomic mass is 16.3. The molecule has 2 aromatic carbocycles. The van der Waals surface area contributed by atoms with E-state index in [4.69, 9.17) is 10.7 Å². The van der Waals surface area contributed by atoms with Crippen LogP contribution in [0.1, 0.15) is 73.2 Å². The maximum Gasteiger partial charge on any atom is 0.273 e. The number of nitrogens with one attached hydrogen (secondary N) is 1. The van der Waals surface area contributed by atoms with Gasteiger partial charge in [0.05, 0.1) is 0 Å². The van der Waals surface area contributed by atoms with Crippen molar-refractivity contribution >= 4 is 11.8 Å². The molecule has 1 unspecified atom stereocenters. The van der Waals surface area contributed by atoms with E-state index in [9.17, 15) is 19.5 Å². The lowest BCUT2D eigenvalue weighted by Gasteiger charge is -2.26. The lowest BCUT2D eigenvalue weighted by molar-refractivity contribution is -0.118. The Morgan fingerprint density at radius 1 is 1.08 bits per heavy atom. The van der Waals surface area contributed by atoms with Crippen molar-refractivity contribution < 1.29 is 14.7 Å². The molecule has 1 aromatic heterocycles. The zero-order chi connectivity index (χ0) is 25.7. The summed E-state index contributed by atoms with van der Waals surface area (Å²) in [5.74, 6) is -0.898. The molecule has 36 heavy (non-hydrogen) atoms. The fraction of sp³-hybridized carbons (Fsp3) is 0.357. The predicted molar refractivity (Wildman–Crippen MR) is 138 cm³/mol. The summed E-state index contributed by atoms with van der Waals surface area (Å²) < 4.78 is 1.37. The maximum absolute atomic E-state index is 13.8. The standard InChI is InChI=1S/C28H32N4O4/c1-18(16-24(29)34)32-26(27(35)30-21-10-6-3-7-11-21)25(20-12-14-22(33)15-13-20)31-23(28(32)36)17-19-8-4-2-5-9-19/h2,4-5,8-9,12-15,18,21,33H,3,6-7,10-11,16-17H2,1H3,(H2,29,34)(H,30,35). The van der Waals surface area contributed by atoms with Gasteiger partial charge in [-0.25, -0.2) is 4.98 Å². The molecule has 1 aliphatic carbocycles. The normalized spacial score (nSPS) is 14.8. The van der Waals surface area contributed by atoms with E-state index in [0.29, 0.717) is 11.3 Å². The first-order chi connectivity index (χ1) is 17.3. The Kier molecular flexibility index (Phi) is 7.83. The third-order valence-corrected chi connectivity index (χ3v) is 6.63. The molecular formula is C28H32N4O4. The quantitative estimate of drug-likeness (QED) is 0.445. The minimum Gasteiger partial charge on any atom is -0.508 e. The number of primary amides is 1. The molecule has 0 spiro atoms. The molecule has 188 valence electrons. The smallest absolute Gasteiger partial charge is 0.273 e. The number of phenols is 1.